The summed E-state index contributed by atoms with van der Waals surface area (Å²) in [7, 11) is 0. The highest BCUT2D eigenvalue weighted by atomic mass is 35.5. The number of nitrogens with zero attached hydrogens (tertiary/aromatic N) is 1. The molecule has 4 nitrogen and oxygen atoms in total. The third-order valence-electron chi connectivity index (χ3n) is 1.38. The molecule has 0 amide bonds. The van der Waals surface area contributed by atoms with Gasteiger partial charge in [-0.05, 0) is 12.1 Å². The molecule has 1 aromatic carbocycles. The van der Waals surface area contributed by atoms with Gasteiger partial charge in [-0.2, -0.15) is 5.10 Å². The Hall–Kier alpha value is -1.69. The van der Waals surface area contributed by atoms with Crippen LogP contribution in [0.15, 0.2) is 23.3 Å². The van der Waals surface area contributed by atoms with Gasteiger partial charge in [-0.1, -0.05) is 11.6 Å². The number of aliphatic carboxylic acids is 1. The van der Waals surface area contributed by atoms with Crippen LogP contribution in [-0.2, 0) is 4.79 Å². The fourth-order valence-corrected chi connectivity index (χ4v) is 0.783. The minimum Gasteiger partial charge on any atom is -0.476 e. The summed E-state index contributed by atoms with van der Waals surface area (Å²) in [5.74, 6) is -2.92. The zero-order valence-electron chi connectivity index (χ0n) is 7.17. The number of benzene rings is 1. The molecule has 0 saturated heterocycles. The van der Waals surface area contributed by atoms with E-state index in [4.69, 9.17) is 16.7 Å². The van der Waals surface area contributed by atoms with Gasteiger partial charge >= 0.3 is 5.97 Å². The SMILES string of the molecule is O=C(O)/C(Cl)=N/Nc1cc(F)ccc1F. The van der Waals surface area contributed by atoms with E-state index in [1.807, 2.05) is 5.43 Å². The molecule has 0 aliphatic heterocycles. The number of nitrogens with one attached hydrogen (secondary N) is 1. The fourth-order valence-electron chi connectivity index (χ4n) is 0.740. The largest absolute Gasteiger partial charge is 0.476 e. The summed E-state index contributed by atoms with van der Waals surface area (Å²) in [5.41, 5.74) is 1.70. The highest BCUT2D eigenvalue weighted by Crippen LogP contribution is 2.15. The predicted molar refractivity (Wildman–Crippen MR) is 50.9 cm³/mol. The maximum absolute atomic E-state index is 12.9. The fraction of sp³-hybridized carbons (Fsp3) is 0. The lowest BCUT2D eigenvalue weighted by atomic mass is 10.3. The summed E-state index contributed by atoms with van der Waals surface area (Å²) >= 11 is 5.13. The normalized spacial score (nSPS) is 11.3. The molecule has 2 N–H and O–H groups in total. The van der Waals surface area contributed by atoms with Crippen LogP contribution < -0.4 is 5.43 Å². The van der Waals surface area contributed by atoms with Crippen LogP contribution in [0.2, 0.25) is 0 Å². The van der Waals surface area contributed by atoms with Crippen molar-refractivity contribution >= 4 is 28.4 Å². The van der Waals surface area contributed by atoms with Gasteiger partial charge in [0.25, 0.3) is 0 Å². The van der Waals surface area contributed by atoms with Crippen LogP contribution >= 0.6 is 11.6 Å². The Labute approximate surface area is 88.2 Å². The number of hydrogen-bond donors (Lipinski definition) is 2. The van der Waals surface area contributed by atoms with Crippen molar-refractivity contribution in [3.63, 3.8) is 0 Å². The topological polar surface area (TPSA) is 61.7 Å². The smallest absolute Gasteiger partial charge is 0.368 e. The van der Waals surface area contributed by atoms with Gasteiger partial charge in [-0.3, -0.25) is 5.43 Å². The molecule has 0 fully saturated rings. The molecule has 0 unspecified atom stereocenters. The molecule has 0 atom stereocenters. The van der Waals surface area contributed by atoms with Crippen LogP contribution in [0.25, 0.3) is 0 Å². The van der Waals surface area contributed by atoms with Crippen molar-refractivity contribution in [3.05, 3.63) is 29.8 Å². The van der Waals surface area contributed by atoms with E-state index in [-0.39, 0.29) is 5.69 Å². The first-order chi connectivity index (χ1) is 7.00. The highest BCUT2D eigenvalue weighted by Gasteiger charge is 2.06. The Morgan fingerprint density at radius 2 is 2.13 bits per heavy atom. The number of carboxylic acid groups (broad SMARTS) is 1. The first-order valence-electron chi connectivity index (χ1n) is 3.68. The van der Waals surface area contributed by atoms with Crippen molar-refractivity contribution in [1.82, 2.24) is 0 Å². The standard InChI is InChI=1S/C8H5ClF2N2O2/c9-7(8(14)15)13-12-6-3-4(10)1-2-5(6)11/h1-3,12H,(H,14,15)/b13-7-. The van der Waals surface area contributed by atoms with E-state index < -0.39 is 22.8 Å². The van der Waals surface area contributed by atoms with Crippen molar-refractivity contribution in [2.75, 3.05) is 5.43 Å². The lowest BCUT2D eigenvalue weighted by Gasteiger charge is -2.01. The third kappa shape index (κ3) is 3.17. The van der Waals surface area contributed by atoms with Gasteiger partial charge in [0, 0.05) is 6.07 Å². The number of hydrogen-bond acceptors (Lipinski definition) is 3. The molecule has 0 aliphatic carbocycles. The Morgan fingerprint density at radius 1 is 1.47 bits per heavy atom. The van der Waals surface area contributed by atoms with Crippen molar-refractivity contribution in [2.45, 2.75) is 0 Å². The molecule has 0 aliphatic rings. The first-order valence-corrected chi connectivity index (χ1v) is 4.06. The molecule has 0 bridgehead atoms. The van der Waals surface area contributed by atoms with E-state index in [1.54, 1.807) is 0 Å². The number of rotatable bonds is 3. The Bertz CT molecular complexity index is 423. The summed E-state index contributed by atoms with van der Waals surface area (Å²) in [6.45, 7) is 0. The monoisotopic (exact) mass is 234 g/mol. The number of carbonyl (C=O) groups is 1. The molecular weight excluding hydrogens is 230 g/mol. The molecule has 1 aromatic rings. The van der Waals surface area contributed by atoms with Crippen LogP contribution in [0.5, 0.6) is 0 Å². The van der Waals surface area contributed by atoms with Crippen molar-refractivity contribution in [3.8, 4) is 0 Å². The second-order valence-electron chi connectivity index (χ2n) is 2.44. The second kappa shape index (κ2) is 4.70. The lowest BCUT2D eigenvalue weighted by Crippen LogP contribution is -2.08. The maximum atomic E-state index is 12.9. The van der Waals surface area contributed by atoms with Crippen LogP contribution in [0.4, 0.5) is 14.5 Å². The molecule has 0 heterocycles. The van der Waals surface area contributed by atoms with Crippen molar-refractivity contribution in [1.29, 1.82) is 0 Å². The molecule has 1 rings (SSSR count). The van der Waals surface area contributed by atoms with Gasteiger partial charge in [-0.25, -0.2) is 13.6 Å². The lowest BCUT2D eigenvalue weighted by molar-refractivity contribution is -0.129. The van der Waals surface area contributed by atoms with Gasteiger partial charge in [0.15, 0.2) is 0 Å². The zero-order valence-corrected chi connectivity index (χ0v) is 7.92. The minimum absolute atomic E-state index is 0.297. The molecule has 0 saturated carbocycles. The zero-order chi connectivity index (χ0) is 11.4. The summed E-state index contributed by atoms with van der Waals surface area (Å²) < 4.78 is 25.6. The highest BCUT2D eigenvalue weighted by molar-refractivity contribution is 6.81. The molecule has 15 heavy (non-hydrogen) atoms. The number of carboxylic acids is 1. The molecule has 0 aromatic heterocycles. The van der Waals surface area contributed by atoms with E-state index in [0.717, 1.165) is 18.2 Å². The Morgan fingerprint density at radius 3 is 2.73 bits per heavy atom. The van der Waals surface area contributed by atoms with E-state index >= 15 is 0 Å². The molecular formula is C8H5ClF2N2O2. The van der Waals surface area contributed by atoms with E-state index in [1.165, 1.54) is 0 Å². The molecule has 7 heteroatoms. The summed E-state index contributed by atoms with van der Waals surface area (Å²) in [5, 5.41) is 10.7. The van der Waals surface area contributed by atoms with Crippen LogP contribution in [-0.4, -0.2) is 16.2 Å². The summed E-state index contributed by atoms with van der Waals surface area (Å²) in [4.78, 5) is 10.2. The number of halogens is 3. The van der Waals surface area contributed by atoms with Gasteiger partial charge < -0.3 is 5.11 Å². The van der Waals surface area contributed by atoms with Crippen LogP contribution in [0.3, 0.4) is 0 Å². The Kier molecular flexibility index (Phi) is 3.56. The summed E-state index contributed by atoms with van der Waals surface area (Å²) in [6, 6.07) is 2.62. The first kappa shape index (κ1) is 11.4. The van der Waals surface area contributed by atoms with Gasteiger partial charge in [0.2, 0.25) is 5.17 Å². The second-order valence-corrected chi connectivity index (χ2v) is 2.80. The average molecular weight is 235 g/mol. The third-order valence-corrected chi connectivity index (χ3v) is 1.63. The summed E-state index contributed by atoms with van der Waals surface area (Å²) in [6.07, 6.45) is 0. The molecule has 80 valence electrons. The van der Waals surface area contributed by atoms with E-state index in [9.17, 15) is 13.6 Å². The minimum atomic E-state index is -1.47. The van der Waals surface area contributed by atoms with Crippen LogP contribution in [0, 0.1) is 11.6 Å². The Balaban J connectivity index is 2.86. The van der Waals surface area contributed by atoms with Crippen LogP contribution in [0.1, 0.15) is 0 Å². The molecule has 0 radical (unpaired) electrons. The molecule has 0 spiro atoms. The number of hydrazone groups is 1. The number of anilines is 1. The quantitative estimate of drug-likeness (QED) is 0.621. The van der Waals surface area contributed by atoms with Gasteiger partial charge in [0.05, 0.1) is 5.69 Å². The van der Waals surface area contributed by atoms with E-state index in [0.29, 0.717) is 0 Å². The van der Waals surface area contributed by atoms with Crippen molar-refractivity contribution < 1.29 is 18.7 Å². The van der Waals surface area contributed by atoms with E-state index in [2.05, 4.69) is 5.10 Å². The van der Waals surface area contributed by atoms with Gasteiger partial charge in [-0.15, -0.1) is 0 Å². The van der Waals surface area contributed by atoms with Crippen molar-refractivity contribution in [2.24, 2.45) is 5.10 Å². The predicted octanol–water partition coefficient (Wildman–Crippen LogP) is 2.01. The maximum Gasteiger partial charge on any atom is 0.368 e. The van der Waals surface area contributed by atoms with Gasteiger partial charge in [0.1, 0.15) is 11.6 Å². The average Bonchev–Trinajstić information content (AvgIpc) is 2.18.